The first kappa shape index (κ1) is 9.50. The third kappa shape index (κ3) is 1.96. The largest absolute Gasteiger partial charge is 0.303 e. The molecule has 0 amide bonds. The zero-order chi connectivity index (χ0) is 9.14. The fourth-order valence-corrected chi connectivity index (χ4v) is 1.99. The summed E-state index contributed by atoms with van der Waals surface area (Å²) in [6.45, 7) is 8.20. The first-order valence-electron chi connectivity index (χ1n) is 4.75. The summed E-state index contributed by atoms with van der Waals surface area (Å²) in [7, 11) is 0. The second-order valence-electron chi connectivity index (χ2n) is 4.13. The van der Waals surface area contributed by atoms with E-state index in [2.05, 4.69) is 20.4 Å². The Labute approximate surface area is 74.9 Å². The summed E-state index contributed by atoms with van der Waals surface area (Å²) in [6.07, 6.45) is 4.56. The Morgan fingerprint density at radius 3 is 2.67 bits per heavy atom. The molecule has 0 aromatic carbocycles. The van der Waals surface area contributed by atoms with Gasteiger partial charge in [-0.15, -0.1) is 0 Å². The van der Waals surface area contributed by atoms with Gasteiger partial charge in [0.2, 0.25) is 0 Å². The van der Waals surface area contributed by atoms with E-state index < -0.39 is 0 Å². The highest BCUT2D eigenvalue weighted by molar-refractivity contribution is 5.54. The van der Waals surface area contributed by atoms with Gasteiger partial charge in [0.05, 0.1) is 0 Å². The van der Waals surface area contributed by atoms with Gasteiger partial charge in [0.25, 0.3) is 0 Å². The van der Waals surface area contributed by atoms with Crippen molar-refractivity contribution in [3.05, 3.63) is 12.2 Å². The van der Waals surface area contributed by atoms with Gasteiger partial charge in [-0.1, -0.05) is 19.1 Å². The summed E-state index contributed by atoms with van der Waals surface area (Å²) in [5, 5.41) is 0. The Bertz CT molecular complexity index is 183. The van der Waals surface area contributed by atoms with E-state index in [9.17, 15) is 4.79 Å². The van der Waals surface area contributed by atoms with Crippen molar-refractivity contribution in [2.24, 2.45) is 17.8 Å². The van der Waals surface area contributed by atoms with Gasteiger partial charge in [0.15, 0.2) is 0 Å². The van der Waals surface area contributed by atoms with Gasteiger partial charge < -0.3 is 4.79 Å². The van der Waals surface area contributed by atoms with Gasteiger partial charge in [-0.25, -0.2) is 0 Å². The van der Waals surface area contributed by atoms with E-state index >= 15 is 0 Å². The molecular formula is C11H18O. The van der Waals surface area contributed by atoms with Gasteiger partial charge in [0.1, 0.15) is 6.29 Å². The van der Waals surface area contributed by atoms with Crippen LogP contribution in [0.2, 0.25) is 0 Å². The second kappa shape index (κ2) is 3.88. The number of allylic oxidation sites excluding steroid dienone is 1. The predicted octanol–water partition coefficient (Wildman–Crippen LogP) is 2.81. The van der Waals surface area contributed by atoms with Crippen LogP contribution in [0.3, 0.4) is 0 Å². The zero-order valence-electron chi connectivity index (χ0n) is 8.05. The van der Waals surface area contributed by atoms with E-state index in [-0.39, 0.29) is 5.92 Å². The molecule has 1 fully saturated rings. The Hall–Kier alpha value is -0.590. The van der Waals surface area contributed by atoms with Crippen molar-refractivity contribution < 1.29 is 4.79 Å². The molecule has 0 aliphatic heterocycles. The average Bonchev–Trinajstić information content (AvgIpc) is 2.05. The van der Waals surface area contributed by atoms with E-state index in [0.29, 0.717) is 11.8 Å². The van der Waals surface area contributed by atoms with Crippen LogP contribution in [-0.4, -0.2) is 6.29 Å². The lowest BCUT2D eigenvalue weighted by Crippen LogP contribution is -2.24. The molecule has 0 heterocycles. The Morgan fingerprint density at radius 1 is 1.50 bits per heavy atom. The van der Waals surface area contributed by atoms with Gasteiger partial charge in [-0.2, -0.15) is 0 Å². The van der Waals surface area contributed by atoms with E-state index in [0.717, 1.165) is 12.7 Å². The fourth-order valence-electron chi connectivity index (χ4n) is 1.99. The van der Waals surface area contributed by atoms with Crippen LogP contribution < -0.4 is 0 Å². The summed E-state index contributed by atoms with van der Waals surface area (Å²) in [5.41, 5.74) is 1.24. The van der Waals surface area contributed by atoms with Crippen LogP contribution in [0.4, 0.5) is 0 Å². The smallest absolute Gasteiger partial charge is 0.123 e. The fraction of sp³-hybridized carbons (Fsp3) is 0.727. The molecule has 0 radical (unpaired) electrons. The zero-order valence-corrected chi connectivity index (χ0v) is 8.05. The molecule has 0 N–H and O–H groups in total. The summed E-state index contributed by atoms with van der Waals surface area (Å²) in [6, 6.07) is 0. The second-order valence-corrected chi connectivity index (χ2v) is 4.13. The lowest BCUT2D eigenvalue weighted by Gasteiger charge is -2.31. The maximum atomic E-state index is 10.7. The lowest BCUT2D eigenvalue weighted by atomic mass is 9.73. The van der Waals surface area contributed by atoms with E-state index in [4.69, 9.17) is 0 Å². The third-order valence-corrected chi connectivity index (χ3v) is 3.13. The van der Waals surface area contributed by atoms with Crippen LogP contribution in [0.1, 0.15) is 33.1 Å². The number of carbonyl (C=O) groups excluding carboxylic acids is 1. The minimum absolute atomic E-state index is 0.278. The van der Waals surface area contributed by atoms with Crippen LogP contribution in [0.15, 0.2) is 12.2 Å². The Balaban J connectivity index is 2.55. The molecule has 1 aliphatic carbocycles. The predicted molar refractivity (Wildman–Crippen MR) is 50.9 cm³/mol. The van der Waals surface area contributed by atoms with Crippen LogP contribution in [0.5, 0.6) is 0 Å². The molecule has 0 spiro atoms. The van der Waals surface area contributed by atoms with Crippen molar-refractivity contribution in [2.45, 2.75) is 33.1 Å². The molecule has 12 heavy (non-hydrogen) atoms. The number of hydrogen-bond donors (Lipinski definition) is 0. The van der Waals surface area contributed by atoms with Crippen molar-refractivity contribution in [2.75, 3.05) is 0 Å². The van der Waals surface area contributed by atoms with Gasteiger partial charge in [-0.05, 0) is 38.0 Å². The van der Waals surface area contributed by atoms with Gasteiger partial charge >= 0.3 is 0 Å². The van der Waals surface area contributed by atoms with Gasteiger partial charge in [0, 0.05) is 5.92 Å². The summed E-state index contributed by atoms with van der Waals surface area (Å²) in [5.74, 6) is 1.45. The minimum atomic E-state index is 0.278. The van der Waals surface area contributed by atoms with Crippen molar-refractivity contribution in [1.29, 1.82) is 0 Å². The molecule has 0 aromatic heterocycles. The molecule has 3 atom stereocenters. The molecule has 0 bridgehead atoms. The molecular weight excluding hydrogens is 148 g/mol. The summed E-state index contributed by atoms with van der Waals surface area (Å²) in [4.78, 5) is 10.7. The molecule has 0 aromatic rings. The quantitative estimate of drug-likeness (QED) is 0.455. The Kier molecular flexibility index (Phi) is 3.07. The lowest BCUT2D eigenvalue weighted by molar-refractivity contribution is -0.113. The standard InChI is InChI=1S/C11H18O/c1-8(2)10-5-4-9(3)11(6-10)7-12/h7,9-11H,1,4-6H2,2-3H3. The minimum Gasteiger partial charge on any atom is -0.303 e. The van der Waals surface area contributed by atoms with Crippen LogP contribution in [0, 0.1) is 17.8 Å². The molecule has 0 saturated heterocycles. The van der Waals surface area contributed by atoms with Crippen LogP contribution in [0.25, 0.3) is 0 Å². The van der Waals surface area contributed by atoms with Crippen LogP contribution in [-0.2, 0) is 4.79 Å². The molecule has 1 aliphatic rings. The van der Waals surface area contributed by atoms with E-state index in [1.807, 2.05) is 0 Å². The highest BCUT2D eigenvalue weighted by Gasteiger charge is 2.27. The molecule has 1 nitrogen and oxygen atoms in total. The molecule has 1 saturated carbocycles. The maximum absolute atomic E-state index is 10.7. The first-order chi connectivity index (χ1) is 5.65. The number of hydrogen-bond acceptors (Lipinski definition) is 1. The molecule has 1 rings (SSSR count). The highest BCUT2D eigenvalue weighted by Crippen LogP contribution is 2.35. The first-order valence-corrected chi connectivity index (χ1v) is 4.75. The molecule has 68 valence electrons. The topological polar surface area (TPSA) is 17.1 Å². The number of carbonyl (C=O) groups is 1. The monoisotopic (exact) mass is 166 g/mol. The van der Waals surface area contributed by atoms with Crippen molar-refractivity contribution in [1.82, 2.24) is 0 Å². The third-order valence-electron chi connectivity index (χ3n) is 3.13. The van der Waals surface area contributed by atoms with Crippen molar-refractivity contribution >= 4 is 6.29 Å². The van der Waals surface area contributed by atoms with Crippen molar-refractivity contribution in [3.63, 3.8) is 0 Å². The molecule has 1 heteroatoms. The number of aldehydes is 1. The highest BCUT2D eigenvalue weighted by atomic mass is 16.1. The van der Waals surface area contributed by atoms with Crippen molar-refractivity contribution in [3.8, 4) is 0 Å². The van der Waals surface area contributed by atoms with E-state index in [1.165, 1.54) is 18.4 Å². The average molecular weight is 166 g/mol. The van der Waals surface area contributed by atoms with Crippen LogP contribution >= 0.6 is 0 Å². The number of rotatable bonds is 2. The summed E-state index contributed by atoms with van der Waals surface area (Å²) >= 11 is 0. The van der Waals surface area contributed by atoms with Gasteiger partial charge in [-0.3, -0.25) is 0 Å². The Morgan fingerprint density at radius 2 is 2.17 bits per heavy atom. The normalized spacial score (nSPS) is 36.0. The molecule has 3 unspecified atom stereocenters. The summed E-state index contributed by atoms with van der Waals surface area (Å²) < 4.78 is 0. The van der Waals surface area contributed by atoms with E-state index in [1.54, 1.807) is 0 Å². The SMILES string of the molecule is C=C(C)C1CCC(C)C(C=O)C1. The maximum Gasteiger partial charge on any atom is 0.123 e.